The van der Waals surface area contributed by atoms with Crippen molar-refractivity contribution in [2.75, 3.05) is 26.2 Å². The normalized spacial score (nSPS) is 20.6. The van der Waals surface area contributed by atoms with Crippen LogP contribution in [0.5, 0.6) is 0 Å². The number of hydrogen-bond acceptors (Lipinski definition) is 3. The Hall–Kier alpha value is -0.120. The lowest BCUT2D eigenvalue weighted by Crippen LogP contribution is -2.41. The maximum atomic E-state index is 5.74. The van der Waals surface area contributed by atoms with Crippen molar-refractivity contribution in [3.8, 4) is 0 Å². The molecule has 1 rings (SSSR count). The molecule has 0 aromatic carbocycles. The van der Waals surface area contributed by atoms with Crippen molar-refractivity contribution in [2.24, 2.45) is 5.73 Å². The van der Waals surface area contributed by atoms with Crippen LogP contribution in [0.3, 0.4) is 0 Å². The van der Waals surface area contributed by atoms with Crippen molar-refractivity contribution < 1.29 is 4.74 Å². The largest absolute Gasteiger partial charge is 0.378 e. The first-order valence-corrected chi connectivity index (χ1v) is 5.79. The second-order valence-electron chi connectivity index (χ2n) is 4.34. The Morgan fingerprint density at radius 3 is 2.50 bits per heavy atom. The standard InChI is InChI=1S/C11H24N2O/c1-10(2)13-7-4-11(5-8-13)14-9-3-6-12/h10-11H,3-9,12H2,1-2H3. The molecular weight excluding hydrogens is 176 g/mol. The van der Waals surface area contributed by atoms with Crippen molar-refractivity contribution in [3.05, 3.63) is 0 Å². The molecule has 0 amide bonds. The molecule has 14 heavy (non-hydrogen) atoms. The summed E-state index contributed by atoms with van der Waals surface area (Å²) in [5.41, 5.74) is 5.42. The third kappa shape index (κ3) is 3.95. The number of likely N-dealkylation sites (tertiary alicyclic amines) is 1. The van der Waals surface area contributed by atoms with Gasteiger partial charge in [-0.2, -0.15) is 0 Å². The van der Waals surface area contributed by atoms with Crippen LogP contribution in [0.15, 0.2) is 0 Å². The number of rotatable bonds is 5. The fraction of sp³-hybridized carbons (Fsp3) is 1.00. The molecular formula is C11H24N2O. The SMILES string of the molecule is CC(C)N1CCC(OCCCN)CC1. The van der Waals surface area contributed by atoms with E-state index in [2.05, 4.69) is 18.7 Å². The molecule has 0 radical (unpaired) electrons. The molecule has 1 fully saturated rings. The van der Waals surface area contributed by atoms with Crippen LogP contribution >= 0.6 is 0 Å². The van der Waals surface area contributed by atoms with Crippen LogP contribution in [-0.2, 0) is 4.74 Å². The topological polar surface area (TPSA) is 38.5 Å². The van der Waals surface area contributed by atoms with E-state index < -0.39 is 0 Å². The van der Waals surface area contributed by atoms with Gasteiger partial charge in [0.15, 0.2) is 0 Å². The summed E-state index contributed by atoms with van der Waals surface area (Å²) in [6, 6.07) is 0.681. The number of nitrogens with two attached hydrogens (primary N) is 1. The third-order valence-corrected chi connectivity index (χ3v) is 2.91. The fourth-order valence-electron chi connectivity index (χ4n) is 1.89. The Kier molecular flexibility index (Phi) is 5.45. The van der Waals surface area contributed by atoms with Crippen molar-refractivity contribution >= 4 is 0 Å². The molecule has 3 heteroatoms. The molecule has 0 spiro atoms. The van der Waals surface area contributed by atoms with Crippen molar-refractivity contribution in [3.63, 3.8) is 0 Å². The molecule has 0 atom stereocenters. The van der Waals surface area contributed by atoms with Crippen LogP contribution in [0.2, 0.25) is 0 Å². The van der Waals surface area contributed by atoms with Crippen LogP contribution in [0.1, 0.15) is 33.1 Å². The Balaban J connectivity index is 2.09. The number of ether oxygens (including phenoxy) is 1. The molecule has 2 N–H and O–H groups in total. The van der Waals surface area contributed by atoms with Crippen molar-refractivity contribution in [1.82, 2.24) is 4.90 Å². The molecule has 1 aliphatic rings. The van der Waals surface area contributed by atoms with Crippen LogP contribution in [0.25, 0.3) is 0 Å². The Morgan fingerprint density at radius 1 is 1.36 bits per heavy atom. The monoisotopic (exact) mass is 200 g/mol. The highest BCUT2D eigenvalue weighted by atomic mass is 16.5. The minimum atomic E-state index is 0.483. The molecule has 84 valence electrons. The lowest BCUT2D eigenvalue weighted by molar-refractivity contribution is 0.00115. The summed E-state index contributed by atoms with van der Waals surface area (Å²) in [5, 5.41) is 0. The van der Waals surface area contributed by atoms with Gasteiger partial charge in [-0.15, -0.1) is 0 Å². The van der Waals surface area contributed by atoms with Gasteiger partial charge < -0.3 is 15.4 Å². The second kappa shape index (κ2) is 6.38. The number of nitrogens with zero attached hydrogens (tertiary/aromatic N) is 1. The molecule has 0 saturated carbocycles. The van der Waals surface area contributed by atoms with E-state index in [0.717, 1.165) is 19.6 Å². The zero-order chi connectivity index (χ0) is 10.4. The summed E-state index contributed by atoms with van der Waals surface area (Å²) in [5.74, 6) is 0. The summed E-state index contributed by atoms with van der Waals surface area (Å²) >= 11 is 0. The molecule has 0 aromatic rings. The van der Waals surface area contributed by atoms with Crippen LogP contribution in [-0.4, -0.2) is 43.3 Å². The van der Waals surface area contributed by atoms with E-state index in [9.17, 15) is 0 Å². The maximum Gasteiger partial charge on any atom is 0.0599 e. The molecule has 1 aliphatic heterocycles. The lowest BCUT2D eigenvalue weighted by atomic mass is 10.1. The Morgan fingerprint density at radius 2 is 2.00 bits per heavy atom. The zero-order valence-corrected chi connectivity index (χ0v) is 9.54. The predicted molar refractivity (Wildman–Crippen MR) is 59.4 cm³/mol. The Bertz CT molecular complexity index is 142. The van der Waals surface area contributed by atoms with Crippen molar-refractivity contribution in [1.29, 1.82) is 0 Å². The maximum absolute atomic E-state index is 5.74. The summed E-state index contributed by atoms with van der Waals surface area (Å²) < 4.78 is 5.74. The van der Waals surface area contributed by atoms with E-state index in [-0.39, 0.29) is 0 Å². The molecule has 1 saturated heterocycles. The van der Waals surface area contributed by atoms with Gasteiger partial charge in [0.2, 0.25) is 0 Å². The van der Waals surface area contributed by atoms with E-state index in [1.54, 1.807) is 0 Å². The summed E-state index contributed by atoms with van der Waals surface area (Å²) in [7, 11) is 0. The predicted octanol–water partition coefficient (Wildman–Crippen LogP) is 1.22. The first-order valence-electron chi connectivity index (χ1n) is 5.79. The zero-order valence-electron chi connectivity index (χ0n) is 9.54. The first kappa shape index (κ1) is 12.0. The van der Waals surface area contributed by atoms with Gasteiger partial charge in [-0.05, 0) is 39.7 Å². The quantitative estimate of drug-likeness (QED) is 0.678. The molecule has 1 heterocycles. The van der Waals surface area contributed by atoms with E-state index in [1.165, 1.54) is 25.9 Å². The molecule has 0 aliphatic carbocycles. The third-order valence-electron chi connectivity index (χ3n) is 2.91. The fourth-order valence-corrected chi connectivity index (χ4v) is 1.89. The summed E-state index contributed by atoms with van der Waals surface area (Å²) in [6.45, 7) is 8.47. The van der Waals surface area contributed by atoms with E-state index in [4.69, 9.17) is 10.5 Å². The van der Waals surface area contributed by atoms with Crippen LogP contribution < -0.4 is 5.73 Å². The van der Waals surface area contributed by atoms with Gasteiger partial charge in [-0.25, -0.2) is 0 Å². The van der Waals surface area contributed by atoms with Gasteiger partial charge in [-0.3, -0.25) is 0 Å². The average Bonchev–Trinajstić information content (AvgIpc) is 2.19. The highest BCUT2D eigenvalue weighted by molar-refractivity contribution is 4.74. The second-order valence-corrected chi connectivity index (χ2v) is 4.34. The van der Waals surface area contributed by atoms with Gasteiger partial charge >= 0.3 is 0 Å². The minimum absolute atomic E-state index is 0.483. The first-order chi connectivity index (χ1) is 6.74. The van der Waals surface area contributed by atoms with Crippen LogP contribution in [0, 0.1) is 0 Å². The average molecular weight is 200 g/mol. The van der Waals surface area contributed by atoms with Crippen molar-refractivity contribution in [2.45, 2.75) is 45.3 Å². The van der Waals surface area contributed by atoms with E-state index in [0.29, 0.717) is 12.1 Å². The van der Waals surface area contributed by atoms with Gasteiger partial charge in [0.1, 0.15) is 0 Å². The van der Waals surface area contributed by atoms with Gasteiger partial charge in [0, 0.05) is 25.7 Å². The molecule has 3 nitrogen and oxygen atoms in total. The molecule has 0 bridgehead atoms. The number of hydrogen-bond donors (Lipinski definition) is 1. The molecule has 0 aromatic heterocycles. The highest BCUT2D eigenvalue weighted by Crippen LogP contribution is 2.15. The van der Waals surface area contributed by atoms with Gasteiger partial charge in [0.25, 0.3) is 0 Å². The lowest BCUT2D eigenvalue weighted by Gasteiger charge is -2.34. The summed E-state index contributed by atoms with van der Waals surface area (Å²) in [6.07, 6.45) is 3.84. The van der Waals surface area contributed by atoms with E-state index in [1.807, 2.05) is 0 Å². The number of piperidine rings is 1. The molecule has 0 unspecified atom stereocenters. The summed E-state index contributed by atoms with van der Waals surface area (Å²) in [4.78, 5) is 2.52. The Labute approximate surface area is 87.6 Å². The van der Waals surface area contributed by atoms with Crippen LogP contribution in [0.4, 0.5) is 0 Å². The smallest absolute Gasteiger partial charge is 0.0599 e. The van der Waals surface area contributed by atoms with Gasteiger partial charge in [0.05, 0.1) is 6.10 Å². The van der Waals surface area contributed by atoms with Gasteiger partial charge in [-0.1, -0.05) is 0 Å². The van der Waals surface area contributed by atoms with E-state index >= 15 is 0 Å². The highest BCUT2D eigenvalue weighted by Gasteiger charge is 2.20. The minimum Gasteiger partial charge on any atom is -0.378 e.